The van der Waals surface area contributed by atoms with E-state index < -0.39 is 0 Å². The van der Waals surface area contributed by atoms with E-state index in [2.05, 4.69) is 33.2 Å². The highest BCUT2D eigenvalue weighted by Crippen LogP contribution is 2.09. The first kappa shape index (κ1) is 16.6. The van der Waals surface area contributed by atoms with Crippen molar-refractivity contribution in [2.24, 2.45) is 0 Å². The molecule has 1 heterocycles. The summed E-state index contributed by atoms with van der Waals surface area (Å²) in [6.07, 6.45) is 0.656. The highest BCUT2D eigenvalue weighted by Gasteiger charge is 2.22. The van der Waals surface area contributed by atoms with Gasteiger partial charge in [0.1, 0.15) is 6.04 Å². The van der Waals surface area contributed by atoms with Crippen LogP contribution in [0.4, 0.5) is 5.69 Å². The number of hydrogen-bond acceptors (Lipinski definition) is 4. The van der Waals surface area contributed by atoms with Crippen LogP contribution in [0.25, 0.3) is 0 Å². The largest absolute Gasteiger partial charge is 0.325 e. The van der Waals surface area contributed by atoms with Crippen molar-refractivity contribution in [3.8, 4) is 0 Å². The van der Waals surface area contributed by atoms with Gasteiger partial charge in [-0.15, -0.1) is 0 Å². The number of anilines is 1. The predicted molar refractivity (Wildman–Crippen MR) is 96.6 cm³/mol. The summed E-state index contributed by atoms with van der Waals surface area (Å²) in [5.41, 5.74) is 5.37. The molecule has 0 bridgehead atoms. The maximum absolute atomic E-state index is 12.8. The summed E-state index contributed by atoms with van der Waals surface area (Å²) in [6.45, 7) is 3.66. The molecule has 2 aromatic carbocycles. The fraction of sp³-hybridized carbons (Fsp3) is 0.316. The van der Waals surface area contributed by atoms with E-state index in [0.717, 1.165) is 37.4 Å². The van der Waals surface area contributed by atoms with Crippen LogP contribution >= 0.6 is 0 Å². The second-order valence-electron chi connectivity index (χ2n) is 5.96. The van der Waals surface area contributed by atoms with E-state index >= 15 is 0 Å². The molecular weight excluding hydrogens is 300 g/mol. The molecule has 1 saturated heterocycles. The fourth-order valence-electron chi connectivity index (χ4n) is 2.81. The first-order chi connectivity index (χ1) is 11.8. The standard InChI is InChI=1S/C19H24N4O/c24-19(21-17-9-5-2-6-10-17)18(15-16-7-3-1-4-8-16)22-23-13-11-20-12-14-23/h1-10,18,20,22H,11-15H2,(H,21,24)/t18-/m0/s1. The van der Waals surface area contributed by atoms with Crippen molar-refractivity contribution in [2.75, 3.05) is 31.5 Å². The third-order valence-corrected chi connectivity index (χ3v) is 4.10. The van der Waals surface area contributed by atoms with Gasteiger partial charge in [-0.3, -0.25) is 4.79 Å². The van der Waals surface area contributed by atoms with Gasteiger partial charge in [0.05, 0.1) is 0 Å². The number of hydrogen-bond donors (Lipinski definition) is 3. The third kappa shape index (κ3) is 4.89. The van der Waals surface area contributed by atoms with Crippen LogP contribution < -0.4 is 16.1 Å². The second kappa shape index (κ2) is 8.59. The molecule has 5 heteroatoms. The maximum atomic E-state index is 12.8. The molecule has 0 unspecified atom stereocenters. The molecule has 1 fully saturated rings. The van der Waals surface area contributed by atoms with E-state index in [0.29, 0.717) is 6.42 Å². The quantitative estimate of drug-likeness (QED) is 0.756. The lowest BCUT2D eigenvalue weighted by Gasteiger charge is -2.31. The lowest BCUT2D eigenvalue weighted by atomic mass is 10.1. The Kier molecular flexibility index (Phi) is 5.96. The van der Waals surface area contributed by atoms with E-state index in [1.54, 1.807) is 0 Å². The average Bonchev–Trinajstić information content (AvgIpc) is 2.64. The minimum absolute atomic E-state index is 0.0106. The van der Waals surface area contributed by atoms with Gasteiger partial charge in [0.2, 0.25) is 5.91 Å². The molecule has 1 amide bonds. The Hall–Kier alpha value is -2.21. The summed E-state index contributed by atoms with van der Waals surface area (Å²) in [5, 5.41) is 8.47. The number of para-hydroxylation sites is 1. The van der Waals surface area contributed by atoms with Gasteiger partial charge in [0.25, 0.3) is 0 Å². The van der Waals surface area contributed by atoms with Gasteiger partial charge < -0.3 is 10.6 Å². The number of benzene rings is 2. The average molecular weight is 324 g/mol. The van der Waals surface area contributed by atoms with Crippen molar-refractivity contribution >= 4 is 11.6 Å². The molecule has 5 nitrogen and oxygen atoms in total. The van der Waals surface area contributed by atoms with Crippen molar-refractivity contribution in [3.05, 3.63) is 66.2 Å². The Morgan fingerprint density at radius 1 is 1.00 bits per heavy atom. The van der Waals surface area contributed by atoms with Crippen molar-refractivity contribution < 1.29 is 4.79 Å². The summed E-state index contributed by atoms with van der Waals surface area (Å²) in [6, 6.07) is 19.4. The monoisotopic (exact) mass is 324 g/mol. The SMILES string of the molecule is O=C(Nc1ccccc1)[C@H](Cc1ccccc1)NN1CCNCC1. The molecule has 24 heavy (non-hydrogen) atoms. The molecule has 126 valence electrons. The number of carbonyl (C=O) groups excluding carboxylic acids is 1. The molecule has 1 aliphatic rings. The van der Waals surface area contributed by atoms with E-state index in [1.165, 1.54) is 0 Å². The molecule has 3 rings (SSSR count). The number of piperazine rings is 1. The second-order valence-corrected chi connectivity index (χ2v) is 5.96. The molecule has 0 radical (unpaired) electrons. The molecule has 0 aromatic heterocycles. The number of nitrogens with zero attached hydrogens (tertiary/aromatic N) is 1. The van der Waals surface area contributed by atoms with E-state index in [9.17, 15) is 4.79 Å². The van der Waals surface area contributed by atoms with Crippen LogP contribution in [0, 0.1) is 0 Å². The molecule has 0 saturated carbocycles. The number of amides is 1. The number of rotatable bonds is 6. The minimum Gasteiger partial charge on any atom is -0.325 e. The topological polar surface area (TPSA) is 56.4 Å². The Morgan fingerprint density at radius 2 is 1.62 bits per heavy atom. The van der Waals surface area contributed by atoms with Crippen LogP contribution in [0.2, 0.25) is 0 Å². The Balaban J connectivity index is 1.69. The molecular formula is C19H24N4O. The predicted octanol–water partition coefficient (Wildman–Crippen LogP) is 1.65. The maximum Gasteiger partial charge on any atom is 0.243 e. The Labute approximate surface area is 143 Å². The number of hydrazine groups is 1. The molecule has 1 aliphatic heterocycles. The smallest absolute Gasteiger partial charge is 0.243 e. The molecule has 0 spiro atoms. The fourth-order valence-corrected chi connectivity index (χ4v) is 2.81. The van der Waals surface area contributed by atoms with Gasteiger partial charge in [-0.2, -0.15) is 0 Å². The third-order valence-electron chi connectivity index (χ3n) is 4.10. The van der Waals surface area contributed by atoms with Crippen molar-refractivity contribution in [1.29, 1.82) is 0 Å². The van der Waals surface area contributed by atoms with Crippen LogP contribution in [0.5, 0.6) is 0 Å². The van der Waals surface area contributed by atoms with Crippen molar-refractivity contribution in [2.45, 2.75) is 12.5 Å². The first-order valence-electron chi connectivity index (χ1n) is 8.43. The number of carbonyl (C=O) groups is 1. The summed E-state index contributed by atoms with van der Waals surface area (Å²) < 4.78 is 0. The Bertz CT molecular complexity index is 626. The highest BCUT2D eigenvalue weighted by atomic mass is 16.2. The van der Waals surface area contributed by atoms with E-state index in [4.69, 9.17) is 0 Å². The van der Waals surface area contributed by atoms with Gasteiger partial charge in [0.15, 0.2) is 0 Å². The van der Waals surface area contributed by atoms with E-state index in [1.807, 2.05) is 48.5 Å². The minimum atomic E-state index is -0.300. The van der Waals surface area contributed by atoms with Crippen LogP contribution in [-0.4, -0.2) is 43.1 Å². The lowest BCUT2D eigenvalue weighted by Crippen LogP contribution is -2.56. The zero-order chi connectivity index (χ0) is 16.6. The zero-order valence-electron chi connectivity index (χ0n) is 13.7. The van der Waals surface area contributed by atoms with Gasteiger partial charge in [0, 0.05) is 31.9 Å². The number of nitrogens with one attached hydrogen (secondary N) is 3. The molecule has 2 aromatic rings. The zero-order valence-corrected chi connectivity index (χ0v) is 13.7. The summed E-state index contributed by atoms with van der Waals surface area (Å²) in [7, 11) is 0. The summed E-state index contributed by atoms with van der Waals surface area (Å²) in [4.78, 5) is 12.8. The van der Waals surface area contributed by atoms with Crippen LogP contribution in [-0.2, 0) is 11.2 Å². The van der Waals surface area contributed by atoms with Gasteiger partial charge in [-0.25, -0.2) is 10.4 Å². The van der Waals surface area contributed by atoms with E-state index in [-0.39, 0.29) is 11.9 Å². The lowest BCUT2D eigenvalue weighted by molar-refractivity contribution is -0.119. The van der Waals surface area contributed by atoms with Gasteiger partial charge in [-0.05, 0) is 24.1 Å². The molecule has 3 N–H and O–H groups in total. The van der Waals surface area contributed by atoms with Crippen molar-refractivity contribution in [1.82, 2.24) is 15.8 Å². The molecule has 0 aliphatic carbocycles. The Morgan fingerprint density at radius 3 is 2.29 bits per heavy atom. The normalized spacial score (nSPS) is 16.5. The van der Waals surface area contributed by atoms with Crippen molar-refractivity contribution in [3.63, 3.8) is 0 Å². The van der Waals surface area contributed by atoms with Gasteiger partial charge >= 0.3 is 0 Å². The van der Waals surface area contributed by atoms with Gasteiger partial charge in [-0.1, -0.05) is 48.5 Å². The summed E-state index contributed by atoms with van der Waals surface area (Å²) in [5.74, 6) is -0.0106. The summed E-state index contributed by atoms with van der Waals surface area (Å²) >= 11 is 0. The van der Waals surface area contributed by atoms with Crippen LogP contribution in [0.15, 0.2) is 60.7 Å². The first-order valence-corrected chi connectivity index (χ1v) is 8.43. The van der Waals surface area contributed by atoms with Crippen LogP contribution in [0.3, 0.4) is 0 Å². The van der Waals surface area contributed by atoms with Crippen LogP contribution in [0.1, 0.15) is 5.56 Å². The molecule has 1 atom stereocenters. The highest BCUT2D eigenvalue weighted by molar-refractivity contribution is 5.94.